The van der Waals surface area contributed by atoms with Crippen molar-refractivity contribution in [1.82, 2.24) is 10.2 Å². The van der Waals surface area contributed by atoms with Gasteiger partial charge in [0.2, 0.25) is 0 Å². The Kier molecular flexibility index (Phi) is 4.95. The molecule has 1 aliphatic heterocycles. The van der Waals surface area contributed by atoms with Gasteiger partial charge in [-0.05, 0) is 19.8 Å². The Morgan fingerprint density at radius 2 is 2.22 bits per heavy atom. The summed E-state index contributed by atoms with van der Waals surface area (Å²) in [6.45, 7) is 4.85. The molecule has 6 heteroatoms. The van der Waals surface area contributed by atoms with Crippen LogP contribution in [0.4, 0.5) is 4.79 Å². The molecule has 1 saturated heterocycles. The van der Waals surface area contributed by atoms with Crippen LogP contribution in [-0.4, -0.2) is 54.9 Å². The number of amides is 2. The normalized spacial score (nSPS) is 24.9. The quantitative estimate of drug-likeness (QED) is 0.768. The number of nitrogens with zero attached hydrogens (tertiary/aromatic N) is 1. The summed E-state index contributed by atoms with van der Waals surface area (Å²) in [5.41, 5.74) is -0.817. The van der Waals surface area contributed by atoms with Crippen molar-refractivity contribution >= 4 is 12.0 Å². The average molecular weight is 258 g/mol. The molecule has 0 aromatic rings. The number of hydrogen-bond acceptors (Lipinski definition) is 3. The second kappa shape index (κ2) is 6.04. The predicted molar refractivity (Wildman–Crippen MR) is 66.4 cm³/mol. The lowest BCUT2D eigenvalue weighted by atomic mass is 9.90. The molecule has 2 amide bonds. The lowest BCUT2D eigenvalue weighted by Crippen LogP contribution is -2.43. The summed E-state index contributed by atoms with van der Waals surface area (Å²) in [5, 5.41) is 11.9. The SMILES string of the molecule is CCC(CNC(=O)N1CCC(C)(C(=O)O)C1)OC. The highest BCUT2D eigenvalue weighted by Crippen LogP contribution is 2.29. The summed E-state index contributed by atoms with van der Waals surface area (Å²) >= 11 is 0. The van der Waals surface area contributed by atoms with Gasteiger partial charge < -0.3 is 20.1 Å². The lowest BCUT2D eigenvalue weighted by molar-refractivity contribution is -0.147. The number of ether oxygens (including phenoxy) is 1. The van der Waals surface area contributed by atoms with Crippen LogP contribution in [0.1, 0.15) is 26.7 Å². The second-order valence-electron chi connectivity index (χ2n) is 4.99. The summed E-state index contributed by atoms with van der Waals surface area (Å²) in [5.74, 6) is -0.846. The Morgan fingerprint density at radius 3 is 2.67 bits per heavy atom. The van der Waals surface area contributed by atoms with E-state index in [1.54, 1.807) is 18.9 Å². The second-order valence-corrected chi connectivity index (χ2v) is 4.99. The lowest BCUT2D eigenvalue weighted by Gasteiger charge is -2.22. The topological polar surface area (TPSA) is 78.9 Å². The molecule has 0 aliphatic carbocycles. The highest BCUT2D eigenvalue weighted by Gasteiger charge is 2.42. The van der Waals surface area contributed by atoms with Crippen LogP contribution in [0.15, 0.2) is 0 Å². The first-order chi connectivity index (χ1) is 8.42. The van der Waals surface area contributed by atoms with Gasteiger partial charge in [0.15, 0.2) is 0 Å². The van der Waals surface area contributed by atoms with E-state index in [2.05, 4.69) is 5.32 Å². The highest BCUT2D eigenvalue weighted by molar-refractivity contribution is 5.79. The van der Waals surface area contributed by atoms with E-state index in [1.807, 2.05) is 6.92 Å². The minimum atomic E-state index is -0.846. The molecule has 0 radical (unpaired) electrons. The molecular weight excluding hydrogens is 236 g/mol. The average Bonchev–Trinajstić information content (AvgIpc) is 2.74. The third kappa shape index (κ3) is 3.35. The molecule has 1 aliphatic rings. The van der Waals surface area contributed by atoms with Gasteiger partial charge in [-0.2, -0.15) is 0 Å². The van der Waals surface area contributed by atoms with Crippen LogP contribution in [0.25, 0.3) is 0 Å². The summed E-state index contributed by atoms with van der Waals surface area (Å²) in [4.78, 5) is 24.5. The van der Waals surface area contributed by atoms with Crippen molar-refractivity contribution in [2.24, 2.45) is 5.41 Å². The number of carboxylic acid groups (broad SMARTS) is 1. The van der Waals surface area contributed by atoms with Crippen LogP contribution >= 0.6 is 0 Å². The molecule has 1 fully saturated rings. The molecule has 2 unspecified atom stereocenters. The maximum absolute atomic E-state index is 11.9. The first-order valence-corrected chi connectivity index (χ1v) is 6.22. The fraction of sp³-hybridized carbons (Fsp3) is 0.833. The highest BCUT2D eigenvalue weighted by atomic mass is 16.5. The number of aliphatic carboxylic acids is 1. The Morgan fingerprint density at radius 1 is 1.56 bits per heavy atom. The van der Waals surface area contributed by atoms with Crippen molar-refractivity contribution in [3.63, 3.8) is 0 Å². The zero-order valence-corrected chi connectivity index (χ0v) is 11.2. The zero-order valence-electron chi connectivity index (χ0n) is 11.2. The Labute approximate surface area is 107 Å². The van der Waals surface area contributed by atoms with Crippen molar-refractivity contribution in [2.75, 3.05) is 26.7 Å². The van der Waals surface area contributed by atoms with E-state index in [4.69, 9.17) is 9.84 Å². The maximum Gasteiger partial charge on any atom is 0.317 e. The zero-order chi connectivity index (χ0) is 13.8. The molecule has 2 N–H and O–H groups in total. The van der Waals surface area contributed by atoms with Gasteiger partial charge in [0.05, 0.1) is 11.5 Å². The molecular formula is C12H22N2O4. The number of methoxy groups -OCH3 is 1. The molecule has 0 saturated carbocycles. The number of carbonyl (C=O) groups excluding carboxylic acids is 1. The van der Waals surface area contributed by atoms with Crippen LogP contribution < -0.4 is 5.32 Å². The number of rotatable bonds is 5. The summed E-state index contributed by atoms with van der Waals surface area (Å²) < 4.78 is 5.16. The largest absolute Gasteiger partial charge is 0.481 e. The van der Waals surface area contributed by atoms with Gasteiger partial charge in [-0.1, -0.05) is 6.92 Å². The van der Waals surface area contributed by atoms with Gasteiger partial charge in [-0.15, -0.1) is 0 Å². The smallest absolute Gasteiger partial charge is 0.317 e. The molecule has 0 aromatic carbocycles. The van der Waals surface area contributed by atoms with Gasteiger partial charge in [0.25, 0.3) is 0 Å². The Hall–Kier alpha value is -1.30. The van der Waals surface area contributed by atoms with Crippen LogP contribution in [0.3, 0.4) is 0 Å². The van der Waals surface area contributed by atoms with Crippen LogP contribution in [0.5, 0.6) is 0 Å². The molecule has 6 nitrogen and oxygen atoms in total. The van der Waals surface area contributed by atoms with Crippen molar-refractivity contribution < 1.29 is 19.4 Å². The Bertz CT molecular complexity index is 317. The van der Waals surface area contributed by atoms with Crippen molar-refractivity contribution in [1.29, 1.82) is 0 Å². The number of urea groups is 1. The monoisotopic (exact) mass is 258 g/mol. The standard InChI is InChI=1S/C12H22N2O4/c1-4-9(18-3)7-13-11(17)14-6-5-12(2,8-14)10(15)16/h9H,4-8H2,1-3H3,(H,13,17)(H,15,16). The van der Waals surface area contributed by atoms with Crippen molar-refractivity contribution in [2.45, 2.75) is 32.8 Å². The number of hydrogen-bond donors (Lipinski definition) is 2. The number of carboxylic acids is 1. The third-order valence-electron chi connectivity index (χ3n) is 3.55. The van der Waals surface area contributed by atoms with Crippen molar-refractivity contribution in [3.8, 4) is 0 Å². The van der Waals surface area contributed by atoms with E-state index in [9.17, 15) is 9.59 Å². The van der Waals surface area contributed by atoms with Crippen LogP contribution in [-0.2, 0) is 9.53 Å². The summed E-state index contributed by atoms with van der Waals surface area (Å²) in [6, 6.07) is -0.213. The first kappa shape index (κ1) is 14.8. The van der Waals surface area contributed by atoms with Crippen LogP contribution in [0, 0.1) is 5.41 Å². The fourth-order valence-corrected chi connectivity index (χ4v) is 2.02. The van der Waals surface area contributed by atoms with E-state index in [1.165, 1.54) is 0 Å². The van der Waals surface area contributed by atoms with Gasteiger partial charge in [-0.3, -0.25) is 4.79 Å². The van der Waals surface area contributed by atoms with E-state index < -0.39 is 11.4 Å². The van der Waals surface area contributed by atoms with E-state index in [0.717, 1.165) is 6.42 Å². The summed E-state index contributed by atoms with van der Waals surface area (Å²) in [6.07, 6.45) is 1.32. The minimum absolute atomic E-state index is 0.00223. The van der Waals surface area contributed by atoms with Crippen LogP contribution in [0.2, 0.25) is 0 Å². The van der Waals surface area contributed by atoms with Gasteiger partial charge in [0.1, 0.15) is 0 Å². The van der Waals surface area contributed by atoms with Gasteiger partial charge >= 0.3 is 12.0 Å². The molecule has 0 bridgehead atoms. The number of carbonyl (C=O) groups is 2. The van der Waals surface area contributed by atoms with E-state index in [-0.39, 0.29) is 18.7 Å². The molecule has 1 rings (SSSR count). The third-order valence-corrected chi connectivity index (χ3v) is 3.55. The maximum atomic E-state index is 11.9. The van der Waals surface area contributed by atoms with Gasteiger partial charge in [0, 0.05) is 26.7 Å². The predicted octanol–water partition coefficient (Wildman–Crippen LogP) is 0.918. The molecule has 18 heavy (non-hydrogen) atoms. The van der Waals surface area contributed by atoms with E-state index >= 15 is 0 Å². The molecule has 0 aromatic heterocycles. The van der Waals surface area contributed by atoms with Gasteiger partial charge in [-0.25, -0.2) is 4.79 Å². The molecule has 104 valence electrons. The Balaban J connectivity index is 2.43. The first-order valence-electron chi connectivity index (χ1n) is 6.22. The number of likely N-dealkylation sites (tertiary alicyclic amines) is 1. The van der Waals surface area contributed by atoms with E-state index in [0.29, 0.717) is 19.5 Å². The molecule has 1 heterocycles. The summed E-state index contributed by atoms with van der Waals surface area (Å²) in [7, 11) is 1.61. The molecule has 2 atom stereocenters. The molecule has 0 spiro atoms. The fourth-order valence-electron chi connectivity index (χ4n) is 2.02. The van der Waals surface area contributed by atoms with Crippen molar-refractivity contribution in [3.05, 3.63) is 0 Å². The number of nitrogens with one attached hydrogen (secondary N) is 1. The minimum Gasteiger partial charge on any atom is -0.481 e.